The first-order chi connectivity index (χ1) is 11.1. The highest BCUT2D eigenvalue weighted by molar-refractivity contribution is 5.69. The van der Waals surface area contributed by atoms with Crippen LogP contribution >= 0.6 is 0 Å². The average molecular weight is 336 g/mol. The summed E-state index contributed by atoms with van der Waals surface area (Å²) in [5.41, 5.74) is 1.78. The van der Waals surface area contributed by atoms with Crippen LogP contribution in [0.1, 0.15) is 56.5 Å². The van der Waals surface area contributed by atoms with E-state index in [0.717, 1.165) is 11.1 Å². The lowest BCUT2D eigenvalue weighted by atomic mass is 9.88. The summed E-state index contributed by atoms with van der Waals surface area (Å²) in [4.78, 5) is 24.2. The highest BCUT2D eigenvalue weighted by Crippen LogP contribution is 2.34. The van der Waals surface area contributed by atoms with E-state index in [9.17, 15) is 20.0 Å². The Bertz CT molecular complexity index is 638. The standard InChI is InChI=1S/C17H24N2O5/c1-11-12-6-5-7-14(15(20)10-19(22)23)13(12)8-9-18(11)16(21)24-17(2,3)4/h5-7,11,15,20H,8-10H2,1-4H3. The van der Waals surface area contributed by atoms with Gasteiger partial charge in [0.2, 0.25) is 6.54 Å². The number of nitrogens with zero attached hydrogens (tertiary/aromatic N) is 2. The Morgan fingerprint density at radius 2 is 2.17 bits per heavy atom. The molecule has 7 nitrogen and oxygen atoms in total. The number of amides is 1. The van der Waals surface area contributed by atoms with E-state index < -0.39 is 23.2 Å². The molecule has 0 radical (unpaired) electrons. The monoisotopic (exact) mass is 336 g/mol. The van der Waals surface area contributed by atoms with Crippen LogP contribution in [0.4, 0.5) is 4.79 Å². The van der Waals surface area contributed by atoms with Crippen LogP contribution in [0.5, 0.6) is 0 Å². The minimum Gasteiger partial charge on any atom is -0.444 e. The van der Waals surface area contributed by atoms with E-state index in [2.05, 4.69) is 0 Å². The van der Waals surface area contributed by atoms with Gasteiger partial charge in [0.1, 0.15) is 11.7 Å². The molecule has 24 heavy (non-hydrogen) atoms. The lowest BCUT2D eigenvalue weighted by molar-refractivity contribution is -0.491. The van der Waals surface area contributed by atoms with Crippen LogP contribution in [0.25, 0.3) is 0 Å². The fourth-order valence-electron chi connectivity index (χ4n) is 3.02. The third-order valence-corrected chi connectivity index (χ3v) is 4.08. The largest absolute Gasteiger partial charge is 0.444 e. The van der Waals surface area contributed by atoms with Gasteiger partial charge < -0.3 is 14.7 Å². The van der Waals surface area contributed by atoms with Crippen molar-refractivity contribution in [3.05, 3.63) is 45.0 Å². The summed E-state index contributed by atoms with van der Waals surface area (Å²) in [7, 11) is 0. The van der Waals surface area contributed by atoms with E-state index in [1.807, 2.05) is 33.8 Å². The minimum atomic E-state index is -1.14. The molecule has 132 valence electrons. The molecule has 2 atom stereocenters. The van der Waals surface area contributed by atoms with Crippen molar-refractivity contribution < 1.29 is 19.6 Å². The number of aliphatic hydroxyl groups excluding tert-OH is 1. The molecule has 0 fully saturated rings. The first kappa shape index (κ1) is 18.2. The number of carbonyl (C=O) groups excluding carboxylic acids is 1. The van der Waals surface area contributed by atoms with E-state index in [4.69, 9.17) is 4.74 Å². The van der Waals surface area contributed by atoms with E-state index in [0.29, 0.717) is 18.5 Å². The molecule has 0 bridgehead atoms. The van der Waals surface area contributed by atoms with Crippen molar-refractivity contribution in [2.24, 2.45) is 0 Å². The lowest BCUT2D eigenvalue weighted by Gasteiger charge is -2.37. The van der Waals surface area contributed by atoms with Crippen LogP contribution in [-0.4, -0.2) is 39.7 Å². The second-order valence-electron chi connectivity index (χ2n) is 7.05. The number of ether oxygens (including phenoxy) is 1. The predicted molar refractivity (Wildman–Crippen MR) is 88.3 cm³/mol. The van der Waals surface area contributed by atoms with E-state index >= 15 is 0 Å². The third kappa shape index (κ3) is 4.03. The van der Waals surface area contributed by atoms with Gasteiger partial charge >= 0.3 is 6.09 Å². The van der Waals surface area contributed by atoms with E-state index in [1.54, 1.807) is 17.0 Å². The molecule has 0 aromatic heterocycles. The summed E-state index contributed by atoms with van der Waals surface area (Å²) in [6.45, 7) is 7.27. The Kier molecular flexibility index (Phi) is 5.13. The zero-order valence-electron chi connectivity index (χ0n) is 14.5. The van der Waals surface area contributed by atoms with Crippen molar-refractivity contribution in [3.63, 3.8) is 0 Å². The van der Waals surface area contributed by atoms with Gasteiger partial charge in [-0.15, -0.1) is 0 Å². The maximum absolute atomic E-state index is 12.4. The second kappa shape index (κ2) is 6.76. The van der Waals surface area contributed by atoms with Crippen molar-refractivity contribution in [3.8, 4) is 0 Å². The normalized spacial score (nSPS) is 18.7. The first-order valence-electron chi connectivity index (χ1n) is 8.01. The topological polar surface area (TPSA) is 92.9 Å². The van der Waals surface area contributed by atoms with Crippen molar-refractivity contribution in [2.45, 2.75) is 51.9 Å². The first-order valence-corrected chi connectivity index (χ1v) is 8.01. The SMILES string of the molecule is CC1c2cccc(C(O)C[N+](=O)[O-])c2CCN1C(=O)OC(C)(C)C. The zero-order chi connectivity index (χ0) is 18.1. The molecule has 7 heteroatoms. The van der Waals surface area contributed by atoms with Crippen LogP contribution in [0.2, 0.25) is 0 Å². The van der Waals surface area contributed by atoms with Crippen molar-refractivity contribution in [1.82, 2.24) is 4.90 Å². The zero-order valence-corrected chi connectivity index (χ0v) is 14.5. The van der Waals surface area contributed by atoms with Crippen LogP contribution in [0, 0.1) is 10.1 Å². The molecule has 1 N–H and O–H groups in total. The Hall–Kier alpha value is -2.15. The van der Waals surface area contributed by atoms with Gasteiger partial charge in [-0.2, -0.15) is 0 Å². The number of benzene rings is 1. The number of aliphatic hydroxyl groups is 1. The van der Waals surface area contributed by atoms with Crippen molar-refractivity contribution in [1.29, 1.82) is 0 Å². The van der Waals surface area contributed by atoms with Gasteiger partial charge in [0.05, 0.1) is 6.04 Å². The van der Waals surface area contributed by atoms with E-state index in [1.165, 1.54) is 0 Å². The fourth-order valence-corrected chi connectivity index (χ4v) is 3.02. The molecule has 0 saturated heterocycles. The Morgan fingerprint density at radius 3 is 2.75 bits per heavy atom. The molecule has 1 aliphatic rings. The average Bonchev–Trinajstić information content (AvgIpc) is 2.44. The summed E-state index contributed by atoms with van der Waals surface area (Å²) in [6, 6.07) is 5.14. The van der Waals surface area contributed by atoms with E-state index in [-0.39, 0.29) is 12.1 Å². The maximum Gasteiger partial charge on any atom is 0.410 e. The summed E-state index contributed by atoms with van der Waals surface area (Å²) in [5, 5.41) is 20.8. The van der Waals surface area contributed by atoms with Crippen LogP contribution in [-0.2, 0) is 11.2 Å². The molecule has 1 amide bonds. The molecule has 1 aromatic carbocycles. The second-order valence-corrected chi connectivity index (χ2v) is 7.05. The summed E-state index contributed by atoms with van der Waals surface area (Å²) < 4.78 is 5.44. The number of hydrogen-bond donors (Lipinski definition) is 1. The number of fused-ring (bicyclic) bond motifs is 1. The van der Waals surface area contributed by atoms with Crippen molar-refractivity contribution >= 4 is 6.09 Å². The van der Waals surface area contributed by atoms with Gasteiger partial charge in [-0.05, 0) is 50.8 Å². The maximum atomic E-state index is 12.4. The fraction of sp³-hybridized carbons (Fsp3) is 0.588. The smallest absolute Gasteiger partial charge is 0.410 e. The van der Waals surface area contributed by atoms with Gasteiger partial charge in [0.25, 0.3) is 0 Å². The van der Waals surface area contributed by atoms with Crippen LogP contribution in [0.15, 0.2) is 18.2 Å². The minimum absolute atomic E-state index is 0.216. The molecular formula is C17H24N2O5. The van der Waals surface area contributed by atoms with Gasteiger partial charge in [0.15, 0.2) is 0 Å². The molecule has 0 saturated carbocycles. The molecule has 0 spiro atoms. The summed E-state index contributed by atoms with van der Waals surface area (Å²) in [6.07, 6.45) is -0.990. The predicted octanol–water partition coefficient (Wildman–Crippen LogP) is 2.85. The quantitative estimate of drug-likeness (QED) is 0.677. The number of nitro groups is 1. The van der Waals surface area contributed by atoms with Crippen LogP contribution in [0.3, 0.4) is 0 Å². The molecule has 2 unspecified atom stereocenters. The Morgan fingerprint density at radius 1 is 1.50 bits per heavy atom. The number of carbonyl (C=O) groups is 1. The number of rotatable bonds is 3. The lowest BCUT2D eigenvalue weighted by Crippen LogP contribution is -2.42. The molecule has 1 aliphatic heterocycles. The Labute approximate surface area is 141 Å². The molecule has 1 heterocycles. The number of hydrogen-bond acceptors (Lipinski definition) is 5. The molecule has 0 aliphatic carbocycles. The van der Waals surface area contributed by atoms with Gasteiger partial charge in [0, 0.05) is 11.5 Å². The Balaban J connectivity index is 2.27. The van der Waals surface area contributed by atoms with Gasteiger partial charge in [-0.3, -0.25) is 10.1 Å². The molecule has 1 aromatic rings. The van der Waals surface area contributed by atoms with Crippen LogP contribution < -0.4 is 0 Å². The van der Waals surface area contributed by atoms with Gasteiger partial charge in [-0.1, -0.05) is 18.2 Å². The van der Waals surface area contributed by atoms with Crippen molar-refractivity contribution in [2.75, 3.05) is 13.1 Å². The summed E-state index contributed by atoms with van der Waals surface area (Å²) >= 11 is 0. The highest BCUT2D eigenvalue weighted by Gasteiger charge is 2.33. The molecule has 2 rings (SSSR count). The summed E-state index contributed by atoms with van der Waals surface area (Å²) in [5.74, 6) is 0. The van der Waals surface area contributed by atoms with Gasteiger partial charge in [-0.25, -0.2) is 4.79 Å². The molecular weight excluding hydrogens is 312 g/mol. The highest BCUT2D eigenvalue weighted by atomic mass is 16.6. The third-order valence-electron chi connectivity index (χ3n) is 4.08.